The van der Waals surface area contributed by atoms with Gasteiger partial charge in [-0.3, -0.25) is 0 Å². The second-order valence-electron chi connectivity index (χ2n) is 3.99. The summed E-state index contributed by atoms with van der Waals surface area (Å²) in [5, 5.41) is 12.1. The summed E-state index contributed by atoms with van der Waals surface area (Å²) in [4.78, 5) is 0. The van der Waals surface area contributed by atoms with Gasteiger partial charge in [0.25, 0.3) is 0 Å². The molecule has 0 aliphatic rings. The summed E-state index contributed by atoms with van der Waals surface area (Å²) in [6, 6.07) is 10.7. The van der Waals surface area contributed by atoms with Crippen LogP contribution >= 0.6 is 0 Å². The highest BCUT2D eigenvalue weighted by molar-refractivity contribution is 5.48. The average molecular weight is 219 g/mol. The summed E-state index contributed by atoms with van der Waals surface area (Å²) >= 11 is 0. The third-order valence-corrected chi connectivity index (χ3v) is 2.49. The summed E-state index contributed by atoms with van der Waals surface area (Å²) < 4.78 is 0. The normalized spacial score (nSPS) is 13.1. The topological polar surface area (TPSA) is 32.3 Å². The zero-order valence-corrected chi connectivity index (χ0v) is 9.89. The number of nitrogens with one attached hydrogen (secondary N) is 1. The van der Waals surface area contributed by atoms with Gasteiger partial charge >= 0.3 is 0 Å². The fourth-order valence-corrected chi connectivity index (χ4v) is 1.53. The number of aliphatic hydroxyl groups excluding tert-OH is 1. The first-order valence-corrected chi connectivity index (χ1v) is 5.88. The predicted molar refractivity (Wildman–Crippen MR) is 69.3 cm³/mol. The standard InChI is InChI=1S/C14H21NO/c1-13(7-6-12-16)15-11-5-10-14-8-3-2-4-9-14/h2-5,8-10,13,15-16H,6-7,11-12H2,1H3/b10-5+. The van der Waals surface area contributed by atoms with Crippen LogP contribution in [0.2, 0.25) is 0 Å². The highest BCUT2D eigenvalue weighted by Crippen LogP contribution is 2.00. The van der Waals surface area contributed by atoms with E-state index >= 15 is 0 Å². The Balaban J connectivity index is 2.17. The minimum atomic E-state index is 0.284. The van der Waals surface area contributed by atoms with E-state index in [4.69, 9.17) is 5.11 Å². The molecule has 0 aliphatic heterocycles. The molecular formula is C14H21NO. The summed E-state index contributed by atoms with van der Waals surface area (Å²) in [5.41, 5.74) is 1.23. The third kappa shape index (κ3) is 5.69. The van der Waals surface area contributed by atoms with Crippen molar-refractivity contribution in [2.75, 3.05) is 13.2 Å². The smallest absolute Gasteiger partial charge is 0.0431 e. The highest BCUT2D eigenvalue weighted by atomic mass is 16.2. The monoisotopic (exact) mass is 219 g/mol. The van der Waals surface area contributed by atoms with E-state index in [0.29, 0.717) is 6.04 Å². The van der Waals surface area contributed by atoms with Gasteiger partial charge in [0.2, 0.25) is 0 Å². The van der Waals surface area contributed by atoms with Gasteiger partial charge in [0, 0.05) is 19.2 Å². The fraction of sp³-hybridized carbons (Fsp3) is 0.429. The van der Waals surface area contributed by atoms with Crippen LogP contribution in [0.3, 0.4) is 0 Å². The van der Waals surface area contributed by atoms with E-state index in [1.54, 1.807) is 0 Å². The minimum Gasteiger partial charge on any atom is -0.396 e. The Kier molecular flexibility index (Phi) is 6.54. The van der Waals surface area contributed by atoms with Crippen molar-refractivity contribution in [2.24, 2.45) is 0 Å². The van der Waals surface area contributed by atoms with E-state index in [9.17, 15) is 0 Å². The molecule has 0 amide bonds. The van der Waals surface area contributed by atoms with Gasteiger partial charge in [-0.05, 0) is 25.3 Å². The summed E-state index contributed by atoms with van der Waals surface area (Å²) in [6.45, 7) is 3.30. The van der Waals surface area contributed by atoms with Crippen molar-refractivity contribution in [1.82, 2.24) is 5.32 Å². The first-order chi connectivity index (χ1) is 7.83. The average Bonchev–Trinajstić information content (AvgIpc) is 2.33. The van der Waals surface area contributed by atoms with Crippen LogP contribution in [0.1, 0.15) is 25.3 Å². The van der Waals surface area contributed by atoms with E-state index < -0.39 is 0 Å². The van der Waals surface area contributed by atoms with Gasteiger partial charge in [-0.2, -0.15) is 0 Å². The maximum absolute atomic E-state index is 8.69. The van der Waals surface area contributed by atoms with Crippen molar-refractivity contribution in [3.63, 3.8) is 0 Å². The van der Waals surface area contributed by atoms with Gasteiger partial charge in [-0.25, -0.2) is 0 Å². The van der Waals surface area contributed by atoms with E-state index in [1.165, 1.54) is 5.56 Å². The molecule has 1 unspecified atom stereocenters. The SMILES string of the molecule is CC(CCCO)NC/C=C/c1ccccc1. The molecular weight excluding hydrogens is 198 g/mol. The van der Waals surface area contributed by atoms with Crippen molar-refractivity contribution >= 4 is 6.08 Å². The summed E-state index contributed by atoms with van der Waals surface area (Å²) in [7, 11) is 0. The van der Waals surface area contributed by atoms with Crippen LogP contribution in [0.15, 0.2) is 36.4 Å². The lowest BCUT2D eigenvalue weighted by Crippen LogP contribution is -2.26. The zero-order valence-electron chi connectivity index (χ0n) is 9.89. The Morgan fingerprint density at radius 1 is 1.31 bits per heavy atom. The molecule has 0 saturated heterocycles. The Morgan fingerprint density at radius 2 is 2.06 bits per heavy atom. The molecule has 1 atom stereocenters. The highest BCUT2D eigenvalue weighted by Gasteiger charge is 1.97. The van der Waals surface area contributed by atoms with Gasteiger partial charge < -0.3 is 10.4 Å². The Bertz CT molecular complexity index is 295. The van der Waals surface area contributed by atoms with Crippen molar-refractivity contribution in [3.05, 3.63) is 42.0 Å². The van der Waals surface area contributed by atoms with Gasteiger partial charge in [-0.15, -0.1) is 0 Å². The lowest BCUT2D eigenvalue weighted by atomic mass is 10.2. The largest absolute Gasteiger partial charge is 0.396 e. The molecule has 0 fully saturated rings. The molecule has 0 heterocycles. The van der Waals surface area contributed by atoms with Crippen molar-refractivity contribution in [2.45, 2.75) is 25.8 Å². The number of hydrogen-bond acceptors (Lipinski definition) is 2. The molecule has 2 N–H and O–H groups in total. The molecule has 1 aromatic rings. The van der Waals surface area contributed by atoms with E-state index in [1.807, 2.05) is 18.2 Å². The molecule has 0 aliphatic carbocycles. The quantitative estimate of drug-likeness (QED) is 0.738. The zero-order chi connectivity index (χ0) is 11.6. The van der Waals surface area contributed by atoms with Crippen LogP contribution in [0.5, 0.6) is 0 Å². The van der Waals surface area contributed by atoms with Gasteiger partial charge in [0.05, 0.1) is 0 Å². The number of benzene rings is 1. The maximum Gasteiger partial charge on any atom is 0.0431 e. The molecule has 0 radical (unpaired) electrons. The first-order valence-electron chi connectivity index (χ1n) is 5.88. The summed E-state index contributed by atoms with van der Waals surface area (Å²) in [5.74, 6) is 0. The molecule has 1 aromatic carbocycles. The van der Waals surface area contributed by atoms with Gasteiger partial charge in [-0.1, -0.05) is 42.5 Å². The number of aliphatic hydroxyl groups is 1. The van der Waals surface area contributed by atoms with Gasteiger partial charge in [0.15, 0.2) is 0 Å². The molecule has 0 bridgehead atoms. The molecule has 1 rings (SSSR count). The van der Waals surface area contributed by atoms with Crippen molar-refractivity contribution in [3.8, 4) is 0 Å². The van der Waals surface area contributed by atoms with Crippen LogP contribution in [0.4, 0.5) is 0 Å². The second-order valence-corrected chi connectivity index (χ2v) is 3.99. The minimum absolute atomic E-state index is 0.284. The molecule has 0 aromatic heterocycles. The molecule has 2 nitrogen and oxygen atoms in total. The maximum atomic E-state index is 8.69. The first kappa shape index (κ1) is 12.9. The van der Waals surface area contributed by atoms with Crippen molar-refractivity contribution < 1.29 is 5.11 Å². The van der Waals surface area contributed by atoms with Crippen LogP contribution in [-0.4, -0.2) is 24.3 Å². The molecule has 88 valence electrons. The Morgan fingerprint density at radius 3 is 2.75 bits per heavy atom. The number of hydrogen-bond donors (Lipinski definition) is 2. The van der Waals surface area contributed by atoms with E-state index in [0.717, 1.165) is 19.4 Å². The fourth-order valence-electron chi connectivity index (χ4n) is 1.53. The van der Waals surface area contributed by atoms with Gasteiger partial charge in [0.1, 0.15) is 0 Å². The van der Waals surface area contributed by atoms with Crippen LogP contribution in [-0.2, 0) is 0 Å². The molecule has 16 heavy (non-hydrogen) atoms. The Labute approximate surface area is 98.0 Å². The molecule has 0 spiro atoms. The summed E-state index contributed by atoms with van der Waals surface area (Å²) in [6.07, 6.45) is 6.14. The van der Waals surface area contributed by atoms with E-state index in [-0.39, 0.29) is 6.61 Å². The number of rotatable bonds is 7. The lowest BCUT2D eigenvalue weighted by molar-refractivity contribution is 0.277. The van der Waals surface area contributed by atoms with Crippen LogP contribution in [0, 0.1) is 0 Å². The Hall–Kier alpha value is -1.12. The third-order valence-electron chi connectivity index (χ3n) is 2.49. The molecule has 0 saturated carbocycles. The molecule has 2 heteroatoms. The van der Waals surface area contributed by atoms with Crippen LogP contribution < -0.4 is 5.32 Å². The van der Waals surface area contributed by atoms with Crippen LogP contribution in [0.25, 0.3) is 6.08 Å². The van der Waals surface area contributed by atoms with E-state index in [2.05, 4.69) is 36.5 Å². The second kappa shape index (κ2) is 8.08. The predicted octanol–water partition coefficient (Wildman–Crippen LogP) is 2.45. The van der Waals surface area contributed by atoms with Crippen molar-refractivity contribution in [1.29, 1.82) is 0 Å². The lowest BCUT2D eigenvalue weighted by Gasteiger charge is -2.10.